The molecule has 0 saturated carbocycles. The fourth-order valence-corrected chi connectivity index (χ4v) is 1.13. The Morgan fingerprint density at radius 2 is 1.88 bits per heavy atom. The van der Waals surface area contributed by atoms with E-state index < -0.39 is 0 Å². The first-order valence-corrected chi connectivity index (χ1v) is 4.41. The summed E-state index contributed by atoms with van der Waals surface area (Å²) < 4.78 is 1.000. The van der Waals surface area contributed by atoms with E-state index in [-0.39, 0.29) is 0 Å². The highest BCUT2D eigenvalue weighted by atomic mass is 35.7. The standard InChI is InChI=1S/C5H13ClNS/c1-7(2,3)4-5-8-6/h4-5H2,1-3H3/q+1. The minimum atomic E-state index is 1.000. The Balaban J connectivity index is 3.11. The summed E-state index contributed by atoms with van der Waals surface area (Å²) in [5.74, 6) is 1.03. The highest BCUT2D eigenvalue weighted by Gasteiger charge is 2.03. The van der Waals surface area contributed by atoms with E-state index in [4.69, 9.17) is 10.7 Å². The Bertz CT molecular complexity index is 59.9. The average Bonchev–Trinajstić information content (AvgIpc) is 1.59. The van der Waals surface area contributed by atoms with Crippen LogP contribution in [0.25, 0.3) is 0 Å². The van der Waals surface area contributed by atoms with Crippen molar-refractivity contribution in [3.63, 3.8) is 0 Å². The zero-order chi connectivity index (χ0) is 6.62. The molecule has 0 aliphatic carbocycles. The smallest absolute Gasteiger partial charge is 0.0884 e. The molecular formula is C5H13ClNS+. The molecule has 8 heavy (non-hydrogen) atoms. The highest BCUT2D eigenvalue weighted by Crippen LogP contribution is 2.06. The molecule has 0 aliphatic heterocycles. The molecule has 0 unspecified atom stereocenters. The van der Waals surface area contributed by atoms with Gasteiger partial charge in [-0.3, -0.25) is 0 Å². The molecule has 0 aromatic carbocycles. The number of rotatable bonds is 3. The van der Waals surface area contributed by atoms with Crippen LogP contribution in [0.5, 0.6) is 0 Å². The lowest BCUT2D eigenvalue weighted by Crippen LogP contribution is -2.36. The van der Waals surface area contributed by atoms with E-state index in [1.807, 2.05) is 0 Å². The monoisotopic (exact) mass is 154 g/mol. The Hall–Kier alpha value is 0.600. The molecular weight excluding hydrogens is 142 g/mol. The first-order valence-electron chi connectivity index (χ1n) is 2.60. The molecule has 0 heterocycles. The van der Waals surface area contributed by atoms with Crippen LogP contribution in [-0.2, 0) is 0 Å². The van der Waals surface area contributed by atoms with E-state index >= 15 is 0 Å². The summed E-state index contributed by atoms with van der Waals surface area (Å²) in [7, 11) is 13.3. The largest absolute Gasteiger partial charge is 0.330 e. The van der Waals surface area contributed by atoms with Crippen LogP contribution < -0.4 is 0 Å². The van der Waals surface area contributed by atoms with Gasteiger partial charge in [0.15, 0.2) is 0 Å². The average molecular weight is 155 g/mol. The molecule has 50 valence electrons. The maximum atomic E-state index is 5.41. The van der Waals surface area contributed by atoms with E-state index in [1.165, 1.54) is 11.0 Å². The lowest BCUT2D eigenvalue weighted by Gasteiger charge is -2.22. The fraction of sp³-hybridized carbons (Fsp3) is 1.00. The maximum Gasteiger partial charge on any atom is 0.0884 e. The van der Waals surface area contributed by atoms with Crippen molar-refractivity contribution in [1.82, 2.24) is 0 Å². The molecule has 0 fully saturated rings. The third-order valence-corrected chi connectivity index (χ3v) is 1.64. The van der Waals surface area contributed by atoms with Crippen molar-refractivity contribution in [1.29, 1.82) is 0 Å². The molecule has 3 heteroatoms. The molecule has 0 atom stereocenters. The lowest BCUT2D eigenvalue weighted by molar-refractivity contribution is -0.867. The Morgan fingerprint density at radius 1 is 1.38 bits per heavy atom. The van der Waals surface area contributed by atoms with E-state index in [0.29, 0.717) is 0 Å². The van der Waals surface area contributed by atoms with Gasteiger partial charge in [0.1, 0.15) is 0 Å². The van der Waals surface area contributed by atoms with Crippen LogP contribution in [-0.4, -0.2) is 37.9 Å². The SMILES string of the molecule is C[N+](C)(C)CCSCl. The van der Waals surface area contributed by atoms with Crippen molar-refractivity contribution in [3.05, 3.63) is 0 Å². The minimum absolute atomic E-state index is 1.000. The van der Waals surface area contributed by atoms with Crippen molar-refractivity contribution in [3.8, 4) is 0 Å². The van der Waals surface area contributed by atoms with E-state index in [0.717, 1.165) is 16.8 Å². The summed E-state index contributed by atoms with van der Waals surface area (Å²) >= 11 is 0. The summed E-state index contributed by atoms with van der Waals surface area (Å²) in [4.78, 5) is 0. The van der Waals surface area contributed by atoms with E-state index in [2.05, 4.69) is 21.1 Å². The van der Waals surface area contributed by atoms with Crippen LogP contribution in [0.2, 0.25) is 0 Å². The molecule has 0 saturated heterocycles. The van der Waals surface area contributed by atoms with Gasteiger partial charge in [0.2, 0.25) is 0 Å². The van der Waals surface area contributed by atoms with Crippen molar-refractivity contribution in [2.75, 3.05) is 33.4 Å². The van der Waals surface area contributed by atoms with Crippen LogP contribution in [0.15, 0.2) is 0 Å². The first kappa shape index (κ1) is 8.60. The summed E-state index contributed by atoms with van der Waals surface area (Å²) in [6, 6.07) is 0. The summed E-state index contributed by atoms with van der Waals surface area (Å²) in [6.07, 6.45) is 0. The number of halogens is 1. The summed E-state index contributed by atoms with van der Waals surface area (Å²) in [5, 5.41) is 0. The van der Waals surface area contributed by atoms with Crippen molar-refractivity contribution >= 4 is 21.7 Å². The highest BCUT2D eigenvalue weighted by molar-refractivity contribution is 8.21. The van der Waals surface area contributed by atoms with Crippen LogP contribution in [0, 0.1) is 0 Å². The van der Waals surface area contributed by atoms with Gasteiger partial charge in [0.05, 0.1) is 33.4 Å². The molecule has 0 N–H and O–H groups in total. The first-order chi connectivity index (χ1) is 3.56. The van der Waals surface area contributed by atoms with Crippen LogP contribution in [0.3, 0.4) is 0 Å². The van der Waals surface area contributed by atoms with Crippen molar-refractivity contribution in [2.45, 2.75) is 0 Å². The van der Waals surface area contributed by atoms with Gasteiger partial charge in [-0.1, -0.05) is 0 Å². The van der Waals surface area contributed by atoms with Gasteiger partial charge in [0, 0.05) is 0 Å². The number of quaternary nitrogens is 1. The van der Waals surface area contributed by atoms with Crippen LogP contribution in [0.4, 0.5) is 0 Å². The van der Waals surface area contributed by atoms with E-state index in [9.17, 15) is 0 Å². The van der Waals surface area contributed by atoms with Gasteiger partial charge in [-0.25, -0.2) is 0 Å². The summed E-state index contributed by atoms with van der Waals surface area (Å²) in [5.41, 5.74) is 0. The van der Waals surface area contributed by atoms with Gasteiger partial charge in [-0.2, -0.15) is 0 Å². The van der Waals surface area contributed by atoms with Crippen LogP contribution >= 0.6 is 21.7 Å². The van der Waals surface area contributed by atoms with Gasteiger partial charge in [-0.15, -0.1) is 0 Å². The molecule has 0 radical (unpaired) electrons. The van der Waals surface area contributed by atoms with Crippen LogP contribution in [0.1, 0.15) is 0 Å². The second-order valence-corrected chi connectivity index (χ2v) is 4.11. The Kier molecular flexibility index (Phi) is 3.86. The minimum Gasteiger partial charge on any atom is -0.330 e. The molecule has 0 bridgehead atoms. The molecule has 0 amide bonds. The van der Waals surface area contributed by atoms with Gasteiger partial charge >= 0.3 is 0 Å². The van der Waals surface area contributed by atoms with Gasteiger partial charge in [0.25, 0.3) is 0 Å². The van der Waals surface area contributed by atoms with Crippen molar-refractivity contribution < 1.29 is 4.48 Å². The van der Waals surface area contributed by atoms with Gasteiger partial charge < -0.3 is 4.48 Å². The third-order valence-electron chi connectivity index (χ3n) is 0.839. The maximum absolute atomic E-state index is 5.41. The summed E-state index contributed by atoms with van der Waals surface area (Å²) in [6.45, 7) is 1.13. The van der Waals surface area contributed by atoms with Gasteiger partial charge in [-0.05, 0) is 21.7 Å². The Morgan fingerprint density at radius 3 is 2.00 bits per heavy atom. The lowest BCUT2D eigenvalue weighted by atomic mass is 10.6. The van der Waals surface area contributed by atoms with E-state index in [1.54, 1.807) is 0 Å². The predicted molar refractivity (Wildman–Crippen MR) is 41.2 cm³/mol. The topological polar surface area (TPSA) is 0 Å². The third kappa shape index (κ3) is 6.60. The fourth-order valence-electron chi connectivity index (χ4n) is 0.308. The number of hydrogen-bond acceptors (Lipinski definition) is 1. The number of hydrogen-bond donors (Lipinski definition) is 0. The molecule has 1 nitrogen and oxygen atoms in total. The molecule has 0 aromatic heterocycles. The molecule has 0 aliphatic rings. The number of nitrogens with zero attached hydrogens (tertiary/aromatic N) is 1. The zero-order valence-electron chi connectivity index (χ0n) is 5.65. The van der Waals surface area contributed by atoms with Crippen molar-refractivity contribution in [2.24, 2.45) is 0 Å². The predicted octanol–water partition coefficient (Wildman–Crippen LogP) is 1.58. The quantitative estimate of drug-likeness (QED) is 0.557. The second-order valence-electron chi connectivity index (χ2n) is 2.83. The molecule has 0 aromatic rings. The Labute approximate surface area is 60.1 Å². The normalized spacial score (nSPS) is 12.0. The molecule has 0 rings (SSSR count). The second kappa shape index (κ2) is 3.59. The zero-order valence-corrected chi connectivity index (χ0v) is 7.22. The molecule has 0 spiro atoms.